The van der Waals surface area contributed by atoms with Crippen molar-refractivity contribution >= 4 is 6.29 Å². The van der Waals surface area contributed by atoms with E-state index in [9.17, 15) is 4.79 Å². The maximum atomic E-state index is 10.2. The molecular weight excluding hydrogens is 244 g/mol. The average molecular weight is 283 g/mol. The molecule has 0 aliphatic rings. The summed E-state index contributed by atoms with van der Waals surface area (Å²) in [6.45, 7) is 7.02. The molecule has 0 heterocycles. The van der Waals surface area contributed by atoms with Gasteiger partial charge in [-0.2, -0.15) is 0 Å². The predicted molar refractivity (Wildman–Crippen MR) is 90.2 cm³/mol. The van der Waals surface area contributed by atoms with Gasteiger partial charge in [0.05, 0.1) is 0 Å². The molecule has 1 heteroatoms. The van der Waals surface area contributed by atoms with Crippen LogP contribution in [-0.4, -0.2) is 6.29 Å². The van der Waals surface area contributed by atoms with Crippen LogP contribution in [0.1, 0.15) is 111 Å². The van der Waals surface area contributed by atoms with Gasteiger partial charge in [0.15, 0.2) is 0 Å². The van der Waals surface area contributed by atoms with E-state index < -0.39 is 0 Å². The van der Waals surface area contributed by atoms with E-state index in [4.69, 9.17) is 0 Å². The summed E-state index contributed by atoms with van der Waals surface area (Å²) in [5.41, 5.74) is 0.520. The van der Waals surface area contributed by atoms with Crippen LogP contribution in [0.15, 0.2) is 0 Å². The Morgan fingerprint density at radius 1 is 0.600 bits per heavy atom. The summed E-state index contributed by atoms with van der Waals surface area (Å²) in [6.07, 6.45) is 19.6. The van der Waals surface area contributed by atoms with Crippen molar-refractivity contribution in [1.29, 1.82) is 0 Å². The Balaban J connectivity index is 3.01. The van der Waals surface area contributed by atoms with E-state index in [1.54, 1.807) is 0 Å². The van der Waals surface area contributed by atoms with Crippen molar-refractivity contribution < 1.29 is 4.79 Å². The molecule has 0 radical (unpaired) electrons. The van der Waals surface area contributed by atoms with Crippen molar-refractivity contribution in [2.45, 2.75) is 111 Å². The smallest absolute Gasteiger partial charge is 0.119 e. The lowest BCUT2D eigenvalue weighted by Gasteiger charge is -2.17. The molecule has 1 nitrogen and oxygen atoms in total. The number of carbonyl (C=O) groups excluding carboxylic acids is 1. The van der Waals surface area contributed by atoms with Crippen molar-refractivity contribution in [2.24, 2.45) is 5.41 Å². The number of carbonyl (C=O) groups is 1. The molecule has 0 atom stereocenters. The molecule has 0 bridgehead atoms. The Morgan fingerprint density at radius 3 is 1.30 bits per heavy atom. The lowest BCUT2D eigenvalue weighted by atomic mass is 9.89. The summed E-state index contributed by atoms with van der Waals surface area (Å²) in [5.74, 6) is 0. The average Bonchev–Trinajstić information content (AvgIpc) is 2.38. The van der Waals surface area contributed by atoms with Gasteiger partial charge in [0.1, 0.15) is 6.29 Å². The van der Waals surface area contributed by atoms with Gasteiger partial charge in [-0.1, -0.05) is 91.4 Å². The third kappa shape index (κ3) is 17.7. The van der Waals surface area contributed by atoms with Crippen LogP contribution in [0.3, 0.4) is 0 Å². The highest BCUT2D eigenvalue weighted by atomic mass is 16.1. The first-order valence-corrected chi connectivity index (χ1v) is 9.00. The van der Waals surface area contributed by atoms with E-state index in [2.05, 4.69) is 20.8 Å². The molecule has 0 aliphatic carbocycles. The summed E-state index contributed by atoms with van der Waals surface area (Å²) in [4.78, 5) is 10.2. The maximum absolute atomic E-state index is 10.2. The number of hydrogen-bond donors (Lipinski definition) is 0. The highest BCUT2D eigenvalue weighted by Gasteiger charge is 2.08. The van der Waals surface area contributed by atoms with Gasteiger partial charge in [0.25, 0.3) is 0 Å². The zero-order valence-electron chi connectivity index (χ0n) is 14.4. The van der Waals surface area contributed by atoms with Crippen LogP contribution >= 0.6 is 0 Å². The first-order valence-electron chi connectivity index (χ1n) is 9.00. The summed E-state index contributed by atoms with van der Waals surface area (Å²) >= 11 is 0. The number of rotatable bonds is 14. The van der Waals surface area contributed by atoms with E-state index in [0.717, 1.165) is 19.1 Å². The van der Waals surface area contributed by atoms with E-state index in [-0.39, 0.29) is 0 Å². The van der Waals surface area contributed by atoms with Crippen LogP contribution < -0.4 is 0 Å². The third-order valence-electron chi connectivity index (χ3n) is 4.00. The zero-order chi connectivity index (χ0) is 15.1. The standard InChI is InChI=1S/C19H38O/c1-19(2,3)17-15-13-11-9-7-5-4-6-8-10-12-14-16-18-20/h18H,4-17H2,1-3H3. The SMILES string of the molecule is CC(C)(C)CCCCCCCCCCCCCCC=O. The minimum absolute atomic E-state index is 0.520. The van der Waals surface area contributed by atoms with Crippen molar-refractivity contribution in [3.8, 4) is 0 Å². The van der Waals surface area contributed by atoms with Crippen molar-refractivity contribution in [3.63, 3.8) is 0 Å². The molecule has 0 saturated carbocycles. The largest absolute Gasteiger partial charge is 0.303 e. The second-order valence-corrected chi connectivity index (χ2v) is 7.51. The van der Waals surface area contributed by atoms with E-state index in [0.29, 0.717) is 5.41 Å². The van der Waals surface area contributed by atoms with Crippen LogP contribution in [-0.2, 0) is 4.79 Å². The van der Waals surface area contributed by atoms with Crippen LogP contribution in [0.4, 0.5) is 0 Å². The molecule has 0 N–H and O–H groups in total. The Hall–Kier alpha value is -0.330. The maximum Gasteiger partial charge on any atom is 0.119 e. The molecule has 0 aliphatic heterocycles. The topological polar surface area (TPSA) is 17.1 Å². The summed E-state index contributed by atoms with van der Waals surface area (Å²) in [6, 6.07) is 0. The molecule has 120 valence electrons. The van der Waals surface area contributed by atoms with E-state index in [1.165, 1.54) is 77.0 Å². The second-order valence-electron chi connectivity index (χ2n) is 7.51. The van der Waals surface area contributed by atoms with E-state index >= 15 is 0 Å². The van der Waals surface area contributed by atoms with Gasteiger partial charge in [0, 0.05) is 6.42 Å². The Labute approximate surface area is 127 Å². The molecule has 0 aromatic heterocycles. The van der Waals surface area contributed by atoms with Gasteiger partial charge in [-0.25, -0.2) is 0 Å². The second kappa shape index (κ2) is 13.6. The monoisotopic (exact) mass is 282 g/mol. The molecule has 0 fully saturated rings. The minimum Gasteiger partial charge on any atom is -0.303 e. The molecule has 0 amide bonds. The lowest BCUT2D eigenvalue weighted by Crippen LogP contribution is -2.03. The molecule has 0 aromatic carbocycles. The molecule has 0 unspecified atom stereocenters. The quantitative estimate of drug-likeness (QED) is 0.256. The van der Waals surface area contributed by atoms with Crippen molar-refractivity contribution in [3.05, 3.63) is 0 Å². The van der Waals surface area contributed by atoms with Gasteiger partial charge >= 0.3 is 0 Å². The fourth-order valence-electron chi connectivity index (χ4n) is 2.65. The first-order chi connectivity index (χ1) is 9.56. The molecule has 0 rings (SSSR count). The highest BCUT2D eigenvalue weighted by molar-refractivity contribution is 5.48. The third-order valence-corrected chi connectivity index (χ3v) is 4.00. The molecule has 0 saturated heterocycles. The Bertz CT molecular complexity index is 202. The Morgan fingerprint density at radius 2 is 0.950 bits per heavy atom. The fraction of sp³-hybridized carbons (Fsp3) is 0.947. The zero-order valence-corrected chi connectivity index (χ0v) is 14.4. The molecule has 0 spiro atoms. The molecular formula is C19H38O. The normalized spacial score (nSPS) is 11.8. The van der Waals surface area contributed by atoms with Crippen LogP contribution in [0.5, 0.6) is 0 Å². The molecule has 0 aromatic rings. The summed E-state index contributed by atoms with van der Waals surface area (Å²) < 4.78 is 0. The minimum atomic E-state index is 0.520. The van der Waals surface area contributed by atoms with Gasteiger partial charge in [-0.3, -0.25) is 0 Å². The van der Waals surface area contributed by atoms with Crippen molar-refractivity contribution in [1.82, 2.24) is 0 Å². The number of aldehydes is 1. The van der Waals surface area contributed by atoms with Crippen LogP contribution in [0.25, 0.3) is 0 Å². The van der Waals surface area contributed by atoms with Crippen LogP contribution in [0, 0.1) is 5.41 Å². The molecule has 20 heavy (non-hydrogen) atoms. The lowest BCUT2D eigenvalue weighted by molar-refractivity contribution is -0.107. The fourth-order valence-corrected chi connectivity index (χ4v) is 2.65. The predicted octanol–water partition coefficient (Wildman–Crippen LogP) is 6.69. The number of hydrogen-bond acceptors (Lipinski definition) is 1. The van der Waals surface area contributed by atoms with Crippen LogP contribution in [0.2, 0.25) is 0 Å². The van der Waals surface area contributed by atoms with Gasteiger partial charge < -0.3 is 4.79 Å². The summed E-state index contributed by atoms with van der Waals surface area (Å²) in [7, 11) is 0. The Kier molecular flexibility index (Phi) is 13.4. The highest BCUT2D eigenvalue weighted by Crippen LogP contribution is 2.22. The van der Waals surface area contributed by atoms with E-state index in [1.807, 2.05) is 0 Å². The van der Waals surface area contributed by atoms with Gasteiger partial charge in [-0.05, 0) is 18.3 Å². The number of unbranched alkanes of at least 4 members (excludes halogenated alkanes) is 12. The summed E-state index contributed by atoms with van der Waals surface area (Å²) in [5, 5.41) is 0. The van der Waals surface area contributed by atoms with Gasteiger partial charge in [-0.15, -0.1) is 0 Å². The van der Waals surface area contributed by atoms with Gasteiger partial charge in [0.2, 0.25) is 0 Å². The first kappa shape index (κ1) is 19.7. The van der Waals surface area contributed by atoms with Crippen molar-refractivity contribution in [2.75, 3.05) is 0 Å².